The molecular formula is C22H37N3O2. The summed E-state index contributed by atoms with van der Waals surface area (Å²) in [5.41, 5.74) is 0.621. The van der Waals surface area contributed by atoms with Gasteiger partial charge in [-0.05, 0) is 51.0 Å². The van der Waals surface area contributed by atoms with E-state index in [-0.39, 0.29) is 11.5 Å². The van der Waals surface area contributed by atoms with Gasteiger partial charge >= 0.3 is 0 Å². The number of unbranched alkanes of at least 4 members (excludes halogenated alkanes) is 3. The van der Waals surface area contributed by atoms with Crippen LogP contribution in [0.25, 0.3) is 0 Å². The van der Waals surface area contributed by atoms with Gasteiger partial charge in [-0.15, -0.1) is 0 Å². The van der Waals surface area contributed by atoms with Crippen LogP contribution >= 0.6 is 0 Å². The summed E-state index contributed by atoms with van der Waals surface area (Å²) in [6.07, 6.45) is 6.06. The number of benzene rings is 1. The van der Waals surface area contributed by atoms with Crippen LogP contribution in [0.15, 0.2) is 24.3 Å². The van der Waals surface area contributed by atoms with Gasteiger partial charge in [0, 0.05) is 44.8 Å². The first-order chi connectivity index (χ1) is 13.0. The second kappa shape index (κ2) is 11.3. The fourth-order valence-electron chi connectivity index (χ4n) is 3.27. The van der Waals surface area contributed by atoms with Crippen molar-refractivity contribution < 1.29 is 9.53 Å². The SMILES string of the molecule is CCCCCCC(=O)Nc1ccc(OC(C)(C)CCN2CCNCC2)cc1. The lowest BCUT2D eigenvalue weighted by atomic mass is 10.0. The lowest BCUT2D eigenvalue weighted by Crippen LogP contribution is -2.45. The van der Waals surface area contributed by atoms with E-state index in [9.17, 15) is 4.79 Å². The van der Waals surface area contributed by atoms with Crippen molar-refractivity contribution in [3.05, 3.63) is 24.3 Å². The number of ether oxygens (including phenoxy) is 1. The molecular weight excluding hydrogens is 338 g/mol. The van der Waals surface area contributed by atoms with E-state index in [1.807, 2.05) is 24.3 Å². The topological polar surface area (TPSA) is 53.6 Å². The van der Waals surface area contributed by atoms with Crippen molar-refractivity contribution in [1.82, 2.24) is 10.2 Å². The van der Waals surface area contributed by atoms with Crippen LogP contribution in [0.3, 0.4) is 0 Å². The van der Waals surface area contributed by atoms with E-state index < -0.39 is 0 Å². The number of hydrogen-bond acceptors (Lipinski definition) is 4. The Hall–Kier alpha value is -1.59. The molecule has 0 bridgehead atoms. The summed E-state index contributed by atoms with van der Waals surface area (Å²) in [4.78, 5) is 14.5. The first kappa shape index (κ1) is 21.7. The standard InChI is InChI=1S/C22H37N3O2/c1-4-5-6-7-8-21(26)24-19-9-11-20(12-10-19)27-22(2,3)13-16-25-17-14-23-15-18-25/h9-12,23H,4-8,13-18H2,1-3H3,(H,24,26). The lowest BCUT2D eigenvalue weighted by molar-refractivity contribution is -0.116. The number of carbonyl (C=O) groups excluding carboxylic acids is 1. The lowest BCUT2D eigenvalue weighted by Gasteiger charge is -2.32. The number of carbonyl (C=O) groups is 1. The summed E-state index contributed by atoms with van der Waals surface area (Å²) in [6.45, 7) is 11.9. The van der Waals surface area contributed by atoms with E-state index in [2.05, 4.69) is 36.3 Å². The van der Waals surface area contributed by atoms with Gasteiger partial charge in [-0.1, -0.05) is 26.2 Å². The highest BCUT2D eigenvalue weighted by atomic mass is 16.5. The molecule has 0 aliphatic carbocycles. The number of anilines is 1. The van der Waals surface area contributed by atoms with E-state index in [0.29, 0.717) is 6.42 Å². The minimum absolute atomic E-state index is 0.0936. The molecule has 1 amide bonds. The molecule has 0 saturated carbocycles. The number of amides is 1. The maximum Gasteiger partial charge on any atom is 0.224 e. The van der Waals surface area contributed by atoms with Crippen LogP contribution in [0.5, 0.6) is 5.75 Å². The van der Waals surface area contributed by atoms with Crippen LogP contribution in [0, 0.1) is 0 Å². The number of nitrogens with one attached hydrogen (secondary N) is 2. The molecule has 0 aromatic heterocycles. The summed E-state index contributed by atoms with van der Waals surface area (Å²) in [5, 5.41) is 6.35. The highest BCUT2D eigenvalue weighted by Crippen LogP contribution is 2.23. The van der Waals surface area contributed by atoms with Crippen LogP contribution in [-0.4, -0.2) is 49.1 Å². The first-order valence-corrected chi connectivity index (χ1v) is 10.5. The minimum Gasteiger partial charge on any atom is -0.488 e. The molecule has 1 aromatic carbocycles. The molecule has 27 heavy (non-hydrogen) atoms. The second-order valence-electron chi connectivity index (χ2n) is 8.09. The van der Waals surface area contributed by atoms with Crippen LogP contribution in [-0.2, 0) is 4.79 Å². The maximum atomic E-state index is 12.0. The van der Waals surface area contributed by atoms with Crippen molar-refractivity contribution in [3.63, 3.8) is 0 Å². The normalized spacial score (nSPS) is 15.5. The Balaban J connectivity index is 1.73. The number of nitrogens with zero attached hydrogens (tertiary/aromatic N) is 1. The van der Waals surface area contributed by atoms with Crippen molar-refractivity contribution >= 4 is 11.6 Å². The Morgan fingerprint density at radius 3 is 2.52 bits per heavy atom. The van der Waals surface area contributed by atoms with Crippen molar-refractivity contribution in [1.29, 1.82) is 0 Å². The van der Waals surface area contributed by atoms with Gasteiger partial charge in [0.1, 0.15) is 11.4 Å². The zero-order chi connectivity index (χ0) is 19.5. The van der Waals surface area contributed by atoms with Crippen LogP contribution in [0.2, 0.25) is 0 Å². The third kappa shape index (κ3) is 8.76. The van der Waals surface area contributed by atoms with Crippen molar-refractivity contribution in [2.75, 3.05) is 38.0 Å². The van der Waals surface area contributed by atoms with E-state index in [4.69, 9.17) is 4.74 Å². The molecule has 2 N–H and O–H groups in total. The quantitative estimate of drug-likeness (QED) is 0.573. The van der Waals surface area contributed by atoms with Gasteiger partial charge < -0.3 is 20.3 Å². The number of hydrogen-bond donors (Lipinski definition) is 2. The molecule has 0 unspecified atom stereocenters. The molecule has 0 spiro atoms. The van der Waals surface area contributed by atoms with E-state index in [1.54, 1.807) is 0 Å². The van der Waals surface area contributed by atoms with E-state index in [0.717, 1.165) is 63.4 Å². The Morgan fingerprint density at radius 2 is 1.85 bits per heavy atom. The fourth-order valence-corrected chi connectivity index (χ4v) is 3.27. The molecule has 1 aliphatic heterocycles. The molecule has 5 nitrogen and oxygen atoms in total. The fraction of sp³-hybridized carbons (Fsp3) is 0.682. The number of piperazine rings is 1. The Kier molecular flexibility index (Phi) is 9.08. The smallest absolute Gasteiger partial charge is 0.224 e. The highest BCUT2D eigenvalue weighted by molar-refractivity contribution is 5.90. The predicted octanol–water partition coefficient (Wildman–Crippen LogP) is 4.05. The molecule has 1 aliphatic rings. The Bertz CT molecular complexity index is 551. The first-order valence-electron chi connectivity index (χ1n) is 10.5. The summed E-state index contributed by atoms with van der Waals surface area (Å²) >= 11 is 0. The van der Waals surface area contributed by atoms with E-state index in [1.165, 1.54) is 12.8 Å². The zero-order valence-electron chi connectivity index (χ0n) is 17.4. The number of rotatable bonds is 11. The van der Waals surface area contributed by atoms with Gasteiger partial charge in [0.2, 0.25) is 5.91 Å². The molecule has 1 fully saturated rings. The molecule has 2 rings (SSSR count). The summed E-state index contributed by atoms with van der Waals surface area (Å²) in [6, 6.07) is 7.73. The summed E-state index contributed by atoms with van der Waals surface area (Å²) < 4.78 is 6.19. The molecule has 1 aromatic rings. The minimum atomic E-state index is -0.213. The van der Waals surface area contributed by atoms with Crippen LogP contribution in [0.4, 0.5) is 5.69 Å². The summed E-state index contributed by atoms with van der Waals surface area (Å²) in [7, 11) is 0. The third-order valence-corrected chi connectivity index (χ3v) is 5.03. The van der Waals surface area contributed by atoms with Crippen molar-refractivity contribution in [3.8, 4) is 5.75 Å². The molecule has 152 valence electrons. The second-order valence-corrected chi connectivity index (χ2v) is 8.09. The van der Waals surface area contributed by atoms with Gasteiger partial charge in [-0.3, -0.25) is 4.79 Å². The average Bonchev–Trinajstić information content (AvgIpc) is 2.66. The van der Waals surface area contributed by atoms with E-state index >= 15 is 0 Å². The van der Waals surface area contributed by atoms with Gasteiger partial charge in [0.15, 0.2) is 0 Å². The van der Waals surface area contributed by atoms with Crippen molar-refractivity contribution in [2.45, 2.75) is 64.9 Å². The monoisotopic (exact) mass is 375 g/mol. The average molecular weight is 376 g/mol. The van der Waals surface area contributed by atoms with Crippen molar-refractivity contribution in [2.24, 2.45) is 0 Å². The predicted molar refractivity (Wildman–Crippen MR) is 112 cm³/mol. The van der Waals surface area contributed by atoms with Crippen LogP contribution < -0.4 is 15.4 Å². The Labute approximate surface area is 164 Å². The van der Waals surface area contributed by atoms with Crippen LogP contribution in [0.1, 0.15) is 59.3 Å². The molecule has 1 heterocycles. The Morgan fingerprint density at radius 1 is 1.15 bits per heavy atom. The molecule has 5 heteroatoms. The maximum absolute atomic E-state index is 12.0. The molecule has 1 saturated heterocycles. The summed E-state index contributed by atoms with van der Waals surface area (Å²) in [5.74, 6) is 0.942. The molecule has 0 radical (unpaired) electrons. The molecule has 0 atom stereocenters. The largest absolute Gasteiger partial charge is 0.488 e. The third-order valence-electron chi connectivity index (χ3n) is 5.03. The van der Waals surface area contributed by atoms with Gasteiger partial charge in [0.25, 0.3) is 0 Å². The van der Waals surface area contributed by atoms with Gasteiger partial charge in [-0.2, -0.15) is 0 Å². The highest BCUT2D eigenvalue weighted by Gasteiger charge is 2.22. The van der Waals surface area contributed by atoms with Gasteiger partial charge in [0.05, 0.1) is 0 Å². The van der Waals surface area contributed by atoms with Gasteiger partial charge in [-0.25, -0.2) is 0 Å². The zero-order valence-corrected chi connectivity index (χ0v) is 17.4.